The van der Waals surface area contributed by atoms with Gasteiger partial charge in [-0.15, -0.1) is 0 Å². The maximum atomic E-state index is 9.39. The van der Waals surface area contributed by atoms with Crippen molar-refractivity contribution in [2.75, 3.05) is 0 Å². The average Bonchev–Trinajstić information content (AvgIpc) is 1.98. The third kappa shape index (κ3) is 3.37. The molecule has 0 saturated carbocycles. The van der Waals surface area contributed by atoms with Crippen LogP contribution in [0.5, 0.6) is 0 Å². The highest BCUT2D eigenvalue weighted by Gasteiger charge is 2.01. The second kappa shape index (κ2) is 4.75. The quantitative estimate of drug-likeness (QED) is 0.391. The fourth-order valence-electron chi connectivity index (χ4n) is 0.679. The van der Waals surface area contributed by atoms with Crippen molar-refractivity contribution in [2.24, 2.45) is 10.9 Å². The van der Waals surface area contributed by atoms with Gasteiger partial charge in [-0.05, 0) is 32.1 Å². The summed E-state index contributed by atoms with van der Waals surface area (Å²) in [7, 11) is 0. The SMILES string of the molecule is C=N/C(=C/C(O)=C(C)C)C(C)C. The van der Waals surface area contributed by atoms with Crippen LogP contribution in [0.25, 0.3) is 0 Å². The number of rotatable bonds is 3. The normalized spacial score (nSPS) is 11.6. The van der Waals surface area contributed by atoms with Gasteiger partial charge in [0.25, 0.3) is 0 Å². The van der Waals surface area contributed by atoms with E-state index in [1.54, 1.807) is 6.08 Å². The Bertz CT molecular complexity index is 220. The van der Waals surface area contributed by atoms with Gasteiger partial charge in [0.15, 0.2) is 0 Å². The van der Waals surface area contributed by atoms with E-state index < -0.39 is 0 Å². The third-order valence-corrected chi connectivity index (χ3v) is 1.57. The van der Waals surface area contributed by atoms with Gasteiger partial charge in [-0.3, -0.25) is 4.99 Å². The van der Waals surface area contributed by atoms with Crippen LogP contribution in [0.2, 0.25) is 0 Å². The van der Waals surface area contributed by atoms with Crippen LogP contribution >= 0.6 is 0 Å². The largest absolute Gasteiger partial charge is 0.508 e. The maximum Gasteiger partial charge on any atom is 0.116 e. The van der Waals surface area contributed by atoms with Gasteiger partial charge in [0.1, 0.15) is 5.76 Å². The zero-order valence-corrected chi connectivity index (χ0v) is 8.26. The molecular weight excluding hydrogens is 150 g/mol. The highest BCUT2D eigenvalue weighted by atomic mass is 16.3. The lowest BCUT2D eigenvalue weighted by Crippen LogP contribution is -1.92. The first-order valence-electron chi connectivity index (χ1n) is 4.03. The number of allylic oxidation sites excluding steroid dienone is 3. The molecule has 1 N–H and O–H groups in total. The van der Waals surface area contributed by atoms with E-state index in [0.717, 1.165) is 11.3 Å². The lowest BCUT2D eigenvalue weighted by molar-refractivity contribution is 0.423. The lowest BCUT2D eigenvalue weighted by atomic mass is 10.1. The Morgan fingerprint density at radius 1 is 1.42 bits per heavy atom. The molecule has 0 aliphatic rings. The Morgan fingerprint density at radius 2 is 1.92 bits per heavy atom. The molecule has 0 amide bonds. The van der Waals surface area contributed by atoms with Crippen molar-refractivity contribution in [2.45, 2.75) is 27.7 Å². The Labute approximate surface area is 74.3 Å². The summed E-state index contributed by atoms with van der Waals surface area (Å²) in [5.74, 6) is 0.579. The zero-order chi connectivity index (χ0) is 9.72. The predicted molar refractivity (Wildman–Crippen MR) is 53.5 cm³/mol. The monoisotopic (exact) mass is 167 g/mol. The van der Waals surface area contributed by atoms with Gasteiger partial charge < -0.3 is 5.11 Å². The summed E-state index contributed by atoms with van der Waals surface area (Å²) in [5, 5.41) is 9.39. The lowest BCUT2D eigenvalue weighted by Gasteiger charge is -2.04. The number of hydrogen-bond acceptors (Lipinski definition) is 2. The van der Waals surface area contributed by atoms with Crippen LogP contribution in [0, 0.1) is 5.92 Å². The molecule has 0 radical (unpaired) electrons. The molecule has 0 saturated heterocycles. The van der Waals surface area contributed by atoms with E-state index in [4.69, 9.17) is 0 Å². The second-order valence-corrected chi connectivity index (χ2v) is 3.27. The van der Waals surface area contributed by atoms with Crippen LogP contribution in [0.3, 0.4) is 0 Å². The first-order valence-corrected chi connectivity index (χ1v) is 4.03. The van der Waals surface area contributed by atoms with Gasteiger partial charge in [-0.1, -0.05) is 13.8 Å². The van der Waals surface area contributed by atoms with E-state index in [0.29, 0.717) is 5.92 Å². The molecule has 0 heterocycles. The van der Waals surface area contributed by atoms with E-state index in [1.807, 2.05) is 27.7 Å². The molecule has 0 aromatic heterocycles. The summed E-state index contributed by atoms with van der Waals surface area (Å²) in [5.41, 5.74) is 1.70. The summed E-state index contributed by atoms with van der Waals surface area (Å²) in [4.78, 5) is 3.83. The topological polar surface area (TPSA) is 32.6 Å². The highest BCUT2D eigenvalue weighted by Crippen LogP contribution is 2.13. The summed E-state index contributed by atoms with van der Waals surface area (Å²) >= 11 is 0. The smallest absolute Gasteiger partial charge is 0.116 e. The molecule has 0 atom stereocenters. The van der Waals surface area contributed by atoms with Gasteiger partial charge in [0.05, 0.1) is 0 Å². The number of aliphatic hydroxyl groups excluding tert-OH is 1. The number of aliphatic hydroxyl groups is 1. The Morgan fingerprint density at radius 3 is 2.17 bits per heavy atom. The van der Waals surface area contributed by atoms with E-state index in [1.165, 1.54) is 0 Å². The van der Waals surface area contributed by atoms with Crippen molar-refractivity contribution >= 4 is 6.72 Å². The summed E-state index contributed by atoms with van der Waals surface area (Å²) in [6.07, 6.45) is 1.66. The maximum absolute atomic E-state index is 9.39. The number of hydrogen-bond donors (Lipinski definition) is 1. The predicted octanol–water partition coefficient (Wildman–Crippen LogP) is 3.08. The molecule has 0 bridgehead atoms. The van der Waals surface area contributed by atoms with Crippen LogP contribution in [0.4, 0.5) is 0 Å². The van der Waals surface area contributed by atoms with Crippen molar-refractivity contribution < 1.29 is 5.11 Å². The van der Waals surface area contributed by atoms with Crippen LogP contribution < -0.4 is 0 Å². The van der Waals surface area contributed by atoms with Gasteiger partial charge in [0.2, 0.25) is 0 Å². The van der Waals surface area contributed by atoms with Crippen LogP contribution in [-0.4, -0.2) is 11.8 Å². The molecule has 12 heavy (non-hydrogen) atoms. The molecule has 2 heteroatoms. The molecule has 0 spiro atoms. The van der Waals surface area contributed by atoms with Crippen molar-refractivity contribution in [1.29, 1.82) is 0 Å². The summed E-state index contributed by atoms with van der Waals surface area (Å²) in [6, 6.07) is 0. The molecule has 68 valence electrons. The Balaban J connectivity index is 4.73. The highest BCUT2D eigenvalue weighted by molar-refractivity contribution is 5.32. The van der Waals surface area contributed by atoms with Crippen molar-refractivity contribution in [3.63, 3.8) is 0 Å². The molecule has 0 aliphatic carbocycles. The second-order valence-electron chi connectivity index (χ2n) is 3.27. The van der Waals surface area contributed by atoms with Crippen LogP contribution in [0.15, 0.2) is 28.1 Å². The summed E-state index contributed by atoms with van der Waals surface area (Å²) < 4.78 is 0. The fraction of sp³-hybridized carbons (Fsp3) is 0.500. The summed E-state index contributed by atoms with van der Waals surface area (Å²) in [6.45, 7) is 11.2. The van der Waals surface area contributed by atoms with E-state index in [2.05, 4.69) is 11.7 Å². The van der Waals surface area contributed by atoms with Crippen molar-refractivity contribution in [3.8, 4) is 0 Å². The van der Waals surface area contributed by atoms with E-state index in [9.17, 15) is 5.11 Å². The molecule has 0 aromatic rings. The van der Waals surface area contributed by atoms with Crippen LogP contribution in [0.1, 0.15) is 27.7 Å². The minimum atomic E-state index is 0.283. The minimum Gasteiger partial charge on any atom is -0.508 e. The first kappa shape index (κ1) is 11.0. The first-order chi connectivity index (χ1) is 5.49. The molecule has 2 nitrogen and oxygen atoms in total. The zero-order valence-electron chi connectivity index (χ0n) is 8.26. The number of aliphatic imine (C=N–C) groups is 1. The van der Waals surface area contributed by atoms with Gasteiger partial charge in [-0.2, -0.15) is 0 Å². The molecule has 0 fully saturated rings. The Kier molecular flexibility index (Phi) is 4.34. The number of nitrogens with zero attached hydrogens (tertiary/aromatic N) is 1. The standard InChI is InChI=1S/C10H17NO/c1-7(2)9(11-5)6-10(12)8(3)4/h6-7,12H,5H2,1-4H3/b9-6+. The van der Waals surface area contributed by atoms with Crippen LogP contribution in [-0.2, 0) is 0 Å². The van der Waals surface area contributed by atoms with Gasteiger partial charge in [0, 0.05) is 11.8 Å². The molecule has 0 aromatic carbocycles. The molecular formula is C10H17NO. The van der Waals surface area contributed by atoms with E-state index >= 15 is 0 Å². The van der Waals surface area contributed by atoms with Crippen molar-refractivity contribution in [1.82, 2.24) is 0 Å². The fourth-order valence-corrected chi connectivity index (χ4v) is 0.679. The van der Waals surface area contributed by atoms with Gasteiger partial charge >= 0.3 is 0 Å². The Hall–Kier alpha value is -1.05. The molecule has 0 rings (SSSR count). The third-order valence-electron chi connectivity index (χ3n) is 1.57. The average molecular weight is 167 g/mol. The van der Waals surface area contributed by atoms with E-state index in [-0.39, 0.29) is 5.76 Å². The van der Waals surface area contributed by atoms with Crippen molar-refractivity contribution in [3.05, 3.63) is 23.1 Å². The molecule has 0 aliphatic heterocycles. The minimum absolute atomic E-state index is 0.283. The molecule has 0 unspecified atom stereocenters. The van der Waals surface area contributed by atoms with Gasteiger partial charge in [-0.25, -0.2) is 0 Å².